The number of hydrogen-bond donors (Lipinski definition) is 0. The topological polar surface area (TPSA) is 69.9 Å². The predicted octanol–water partition coefficient (Wildman–Crippen LogP) is 5.17. The molecule has 33 heavy (non-hydrogen) atoms. The molecule has 1 aromatic carbocycles. The number of likely N-dealkylation sites (N-methyl/N-ethyl adjacent to an activating group) is 1. The Balaban J connectivity index is 2.97. The van der Waals surface area contributed by atoms with Crippen LogP contribution in [0.15, 0.2) is 56.3 Å². The number of hydrazone groups is 2. The molecule has 0 aliphatic rings. The summed E-state index contributed by atoms with van der Waals surface area (Å²) >= 11 is 5.89. The average molecular weight is 486 g/mol. The fourth-order valence-corrected chi connectivity index (χ4v) is 3.21. The average Bonchev–Trinajstić information content (AvgIpc) is 2.75. The van der Waals surface area contributed by atoms with E-state index in [1.807, 2.05) is 0 Å². The number of carbonyl (C=O) groups is 1. The fraction of sp³-hybridized carbons (Fsp3) is 0.364. The van der Waals surface area contributed by atoms with Crippen molar-refractivity contribution in [2.75, 3.05) is 24.9 Å². The predicted molar refractivity (Wildman–Crippen MR) is 127 cm³/mol. The minimum absolute atomic E-state index is 0.0404. The van der Waals surface area contributed by atoms with Crippen LogP contribution in [-0.2, 0) is 4.74 Å². The van der Waals surface area contributed by atoms with Crippen molar-refractivity contribution in [1.29, 1.82) is 0 Å². The molecule has 1 aromatic rings. The molecule has 1 rings (SSSR count). The molecule has 0 fully saturated rings. The van der Waals surface area contributed by atoms with Gasteiger partial charge in [-0.3, -0.25) is 9.79 Å². The number of aryl methyl sites for hydroxylation is 1. The first-order chi connectivity index (χ1) is 15.5. The smallest absolute Gasteiger partial charge is 0.374 e. The highest BCUT2D eigenvalue weighted by atomic mass is 35.5. The molecule has 0 bridgehead atoms. The quantitative estimate of drug-likeness (QED) is 0.233. The molecular formula is C22H27ClF3N5O2. The van der Waals surface area contributed by atoms with E-state index in [2.05, 4.69) is 35.3 Å². The fourth-order valence-electron chi connectivity index (χ4n) is 3.01. The number of hydrogen-bond acceptors (Lipinski definition) is 6. The number of benzene rings is 1. The second-order valence-corrected chi connectivity index (χ2v) is 7.34. The van der Waals surface area contributed by atoms with Crippen LogP contribution in [0.3, 0.4) is 0 Å². The number of amides is 1. The van der Waals surface area contributed by atoms with Crippen LogP contribution in [-0.4, -0.2) is 62.9 Å². The summed E-state index contributed by atoms with van der Waals surface area (Å²) in [6, 6.07) is 4.77. The van der Waals surface area contributed by atoms with Gasteiger partial charge in [-0.25, -0.2) is 0 Å². The van der Waals surface area contributed by atoms with Gasteiger partial charge in [0.05, 0.1) is 30.4 Å². The summed E-state index contributed by atoms with van der Waals surface area (Å²) in [5.74, 6) is -0.300. The highest BCUT2D eigenvalue weighted by Crippen LogP contribution is 2.29. The van der Waals surface area contributed by atoms with E-state index in [1.54, 1.807) is 43.9 Å². The molecule has 1 amide bonds. The number of nitrogens with zero attached hydrogens (tertiary/aromatic N) is 5. The Hall–Kier alpha value is -2.98. The minimum Gasteiger partial charge on any atom is -0.374 e. The lowest BCUT2D eigenvalue weighted by Gasteiger charge is -2.29. The molecule has 1 atom stereocenters. The SMILES string of the molecule is C=N/C=C(\C=C(\Cl)COC[C@H](C)N(CC)C(=O)c1cccc(C)c1N(N=C)N=C)C(F)(F)F. The first-order valence-corrected chi connectivity index (χ1v) is 10.2. The summed E-state index contributed by atoms with van der Waals surface area (Å²) in [5, 5.41) is 8.55. The Bertz CT molecular complexity index is 923. The Morgan fingerprint density at radius 2 is 1.91 bits per heavy atom. The molecule has 0 N–H and O–H groups in total. The molecule has 0 spiro atoms. The van der Waals surface area contributed by atoms with Crippen LogP contribution in [0.5, 0.6) is 0 Å². The maximum absolute atomic E-state index is 13.3. The van der Waals surface area contributed by atoms with E-state index in [4.69, 9.17) is 16.3 Å². The molecule has 0 unspecified atom stereocenters. The Morgan fingerprint density at radius 1 is 1.27 bits per heavy atom. The summed E-state index contributed by atoms with van der Waals surface area (Å²) in [6.07, 6.45) is -3.33. The Labute approximate surface area is 196 Å². The van der Waals surface area contributed by atoms with Crippen LogP contribution in [0.2, 0.25) is 0 Å². The van der Waals surface area contributed by atoms with Crippen molar-refractivity contribution >= 4 is 43.3 Å². The second-order valence-electron chi connectivity index (χ2n) is 6.85. The van der Waals surface area contributed by atoms with Gasteiger partial charge < -0.3 is 9.64 Å². The van der Waals surface area contributed by atoms with Gasteiger partial charge in [-0.2, -0.15) is 28.5 Å². The summed E-state index contributed by atoms with van der Waals surface area (Å²) in [4.78, 5) is 18.0. The van der Waals surface area contributed by atoms with Crippen LogP contribution in [0.25, 0.3) is 0 Å². The molecule has 0 radical (unpaired) electrons. The summed E-state index contributed by atoms with van der Waals surface area (Å²) in [5.41, 5.74) is 0.499. The summed E-state index contributed by atoms with van der Waals surface area (Å²) in [6.45, 7) is 15.4. The number of halogens is 4. The summed E-state index contributed by atoms with van der Waals surface area (Å²) < 4.78 is 44.2. The van der Waals surface area contributed by atoms with E-state index in [9.17, 15) is 18.0 Å². The van der Waals surface area contributed by atoms with Gasteiger partial charge in [0.1, 0.15) is 5.69 Å². The third-order valence-corrected chi connectivity index (χ3v) is 4.76. The van der Waals surface area contributed by atoms with Crippen LogP contribution in [0, 0.1) is 6.92 Å². The van der Waals surface area contributed by atoms with E-state index in [0.29, 0.717) is 24.0 Å². The van der Waals surface area contributed by atoms with Crippen LogP contribution in [0.4, 0.5) is 18.9 Å². The molecule has 0 saturated carbocycles. The van der Waals surface area contributed by atoms with Gasteiger partial charge in [0.15, 0.2) is 0 Å². The second kappa shape index (κ2) is 12.9. The van der Waals surface area contributed by atoms with Gasteiger partial charge in [-0.1, -0.05) is 23.7 Å². The number of alkyl halides is 3. The number of carbonyl (C=O) groups excluding carboxylic acids is 1. The van der Waals surface area contributed by atoms with Crippen LogP contribution >= 0.6 is 11.6 Å². The molecule has 0 aromatic heterocycles. The lowest BCUT2D eigenvalue weighted by atomic mass is 10.1. The summed E-state index contributed by atoms with van der Waals surface area (Å²) in [7, 11) is 0. The molecule has 7 nitrogen and oxygen atoms in total. The number of allylic oxidation sites excluding steroid dienone is 2. The van der Waals surface area contributed by atoms with E-state index < -0.39 is 17.8 Å². The zero-order valence-corrected chi connectivity index (χ0v) is 19.5. The molecule has 0 saturated heterocycles. The highest BCUT2D eigenvalue weighted by Gasteiger charge is 2.32. The van der Waals surface area contributed by atoms with Crippen molar-refractivity contribution in [2.45, 2.75) is 33.0 Å². The van der Waals surface area contributed by atoms with E-state index in [0.717, 1.165) is 11.6 Å². The normalized spacial score (nSPS) is 13.3. The highest BCUT2D eigenvalue weighted by molar-refractivity contribution is 6.30. The van der Waals surface area contributed by atoms with Crippen LogP contribution < -0.4 is 5.12 Å². The molecule has 0 aliphatic heterocycles. The maximum Gasteiger partial charge on any atom is 0.417 e. The Morgan fingerprint density at radius 3 is 2.42 bits per heavy atom. The van der Waals surface area contributed by atoms with Crippen LogP contribution in [0.1, 0.15) is 29.8 Å². The van der Waals surface area contributed by atoms with Crippen molar-refractivity contribution in [1.82, 2.24) is 4.90 Å². The number of para-hydroxylation sites is 1. The largest absolute Gasteiger partial charge is 0.417 e. The minimum atomic E-state index is -4.62. The van der Waals surface area contributed by atoms with Gasteiger partial charge in [-0.05, 0) is 45.2 Å². The van der Waals surface area contributed by atoms with E-state index in [1.165, 1.54) is 5.12 Å². The van der Waals surface area contributed by atoms with Crippen molar-refractivity contribution < 1.29 is 22.7 Å². The number of anilines is 1. The number of aliphatic imine (C=N–C) groups is 1. The van der Waals surface area contributed by atoms with Gasteiger partial charge in [-0.15, -0.1) is 0 Å². The first kappa shape index (κ1) is 28.1. The standard InChI is InChI=1S/C22H27ClF3N5O2/c1-7-30(21(32)19-10-8-9-15(2)20(19)31(28-5)29-6)16(3)13-33-14-18(23)11-17(12-27-4)22(24,25)26/h8-12,16H,4-7,13-14H2,1-3H3/b17-12+,18-11+/t16-/m0/s1. The molecule has 180 valence electrons. The van der Waals surface area contributed by atoms with Crippen molar-refractivity contribution in [3.05, 3.63) is 52.2 Å². The molecule has 0 aliphatic carbocycles. The molecular weight excluding hydrogens is 459 g/mol. The van der Waals surface area contributed by atoms with E-state index in [-0.39, 0.29) is 24.2 Å². The van der Waals surface area contributed by atoms with Gasteiger partial charge in [0.25, 0.3) is 5.91 Å². The Kier molecular flexibility index (Phi) is 11.0. The number of rotatable bonds is 12. The van der Waals surface area contributed by atoms with Crippen molar-refractivity contribution in [2.24, 2.45) is 15.2 Å². The van der Waals surface area contributed by atoms with E-state index >= 15 is 0 Å². The lowest BCUT2D eigenvalue weighted by molar-refractivity contribution is -0.0884. The van der Waals surface area contributed by atoms with Crippen molar-refractivity contribution in [3.63, 3.8) is 0 Å². The zero-order valence-electron chi connectivity index (χ0n) is 18.8. The third kappa shape index (κ3) is 7.83. The third-order valence-electron chi connectivity index (χ3n) is 4.54. The van der Waals surface area contributed by atoms with Gasteiger partial charge >= 0.3 is 6.18 Å². The first-order valence-electron chi connectivity index (χ1n) is 9.82. The maximum atomic E-state index is 13.3. The van der Waals surface area contributed by atoms with Gasteiger partial charge in [0.2, 0.25) is 0 Å². The molecule has 11 heteroatoms. The number of ether oxygens (including phenoxy) is 1. The van der Waals surface area contributed by atoms with Gasteiger partial charge in [0, 0.05) is 31.2 Å². The monoisotopic (exact) mass is 485 g/mol. The van der Waals surface area contributed by atoms with Crippen molar-refractivity contribution in [3.8, 4) is 0 Å². The lowest BCUT2D eigenvalue weighted by Crippen LogP contribution is -2.41. The molecule has 0 heterocycles. The zero-order chi connectivity index (χ0) is 25.2.